The van der Waals surface area contributed by atoms with E-state index in [9.17, 15) is 27.4 Å². The van der Waals surface area contributed by atoms with Gasteiger partial charge in [-0.05, 0) is 111 Å². The topological polar surface area (TPSA) is 207 Å². The van der Waals surface area contributed by atoms with E-state index in [1.165, 1.54) is 11.1 Å². The molecule has 2 aromatic heterocycles. The molecule has 53 heavy (non-hydrogen) atoms. The van der Waals surface area contributed by atoms with Crippen molar-refractivity contribution in [3.63, 3.8) is 0 Å². The molecule has 1 atom stereocenters. The number of anilines is 1. The Kier molecular flexibility index (Phi) is 12.0. The van der Waals surface area contributed by atoms with Gasteiger partial charge in [-0.25, -0.2) is 32.8 Å². The molecule has 16 nitrogen and oxygen atoms in total. The normalized spacial score (nSPS) is 15.3. The maximum absolute atomic E-state index is 13.6. The van der Waals surface area contributed by atoms with Crippen LogP contribution in [0.15, 0.2) is 41.0 Å². The van der Waals surface area contributed by atoms with Gasteiger partial charge in [0, 0.05) is 24.9 Å². The van der Waals surface area contributed by atoms with E-state index in [0.717, 1.165) is 5.56 Å². The van der Waals surface area contributed by atoms with Gasteiger partial charge in [-0.15, -0.1) is 10.2 Å². The van der Waals surface area contributed by atoms with Gasteiger partial charge in [0.15, 0.2) is 11.5 Å². The lowest BCUT2D eigenvalue weighted by molar-refractivity contribution is 0.0283. The lowest BCUT2D eigenvalue weighted by atomic mass is 9.89. The van der Waals surface area contributed by atoms with Gasteiger partial charge < -0.3 is 28.1 Å². The van der Waals surface area contributed by atoms with Crippen molar-refractivity contribution in [2.75, 3.05) is 17.7 Å². The van der Waals surface area contributed by atoms with E-state index < -0.39 is 51.0 Å². The van der Waals surface area contributed by atoms with Gasteiger partial charge in [-0.3, -0.25) is 0 Å². The van der Waals surface area contributed by atoms with E-state index in [0.29, 0.717) is 41.0 Å². The zero-order chi connectivity index (χ0) is 39.5. The Morgan fingerprint density at radius 2 is 1.42 bits per heavy atom. The number of imide groups is 1. The molecule has 17 heteroatoms. The summed E-state index contributed by atoms with van der Waals surface area (Å²) in [6, 6.07) is 7.05. The van der Waals surface area contributed by atoms with Crippen LogP contribution in [0.25, 0.3) is 28.6 Å². The molecule has 3 amide bonds. The highest BCUT2D eigenvalue weighted by Crippen LogP contribution is 2.35. The molecule has 3 aromatic rings. The van der Waals surface area contributed by atoms with Crippen LogP contribution in [-0.4, -0.2) is 85.9 Å². The smallest absolute Gasteiger partial charge is 0.425 e. The SMILES string of the molecule is CN(Cc1ccc(-c2nnc(-c3nc(C4=CCC(CS(=O)(=O)[O-])CC4)cnc3N(C(=O)OC(C)(C)C)C(=O)OC(C)(C)C)o2)cc1)C(=O)OC(C)(C)C. The Morgan fingerprint density at radius 3 is 1.92 bits per heavy atom. The molecule has 0 spiro atoms. The Balaban J connectivity index is 1.74. The fourth-order valence-corrected chi connectivity index (χ4v) is 6.02. The van der Waals surface area contributed by atoms with Gasteiger partial charge in [-0.2, -0.15) is 4.90 Å². The largest absolute Gasteiger partial charge is 0.748 e. The molecule has 0 radical (unpaired) electrons. The standard InChI is InChI=1S/C36H48N6O10S/c1-34(2,3)50-31(43)41(10)20-22-11-17-25(18-12-22)29-39-40-30(49-29)27-28(42(32(44)51-35(4,5)6)33(45)52-36(7,8)9)37-19-26(38-27)24-15-13-23(14-16-24)21-53(46,47)48/h11-12,15,17-19,23H,13-14,16,20-21H2,1-10H3,(H,46,47,48)/p-1. The summed E-state index contributed by atoms with van der Waals surface area (Å²) in [6.07, 6.45) is 1.65. The number of amides is 3. The summed E-state index contributed by atoms with van der Waals surface area (Å²) in [7, 11) is -2.76. The first-order valence-electron chi connectivity index (χ1n) is 17.0. The minimum absolute atomic E-state index is 0.0878. The highest BCUT2D eigenvalue weighted by molar-refractivity contribution is 7.85. The van der Waals surface area contributed by atoms with E-state index in [-0.39, 0.29) is 35.8 Å². The number of carbonyl (C=O) groups excluding carboxylic acids is 3. The highest BCUT2D eigenvalue weighted by atomic mass is 32.2. The van der Waals surface area contributed by atoms with Crippen LogP contribution in [0, 0.1) is 5.92 Å². The first-order valence-corrected chi connectivity index (χ1v) is 18.6. The number of aromatic nitrogens is 4. The predicted octanol–water partition coefficient (Wildman–Crippen LogP) is 6.97. The number of ether oxygens (including phenoxy) is 3. The zero-order valence-corrected chi connectivity index (χ0v) is 32.6. The van der Waals surface area contributed by atoms with Crippen LogP contribution in [-0.2, 0) is 30.9 Å². The number of hydrogen-bond donors (Lipinski definition) is 0. The monoisotopic (exact) mass is 755 g/mol. The summed E-state index contributed by atoms with van der Waals surface area (Å²) in [4.78, 5) is 50.9. The third-order valence-electron chi connectivity index (χ3n) is 7.36. The summed E-state index contributed by atoms with van der Waals surface area (Å²) in [5, 5.41) is 8.40. The molecular formula is C36H47N6O10S-. The quantitative estimate of drug-likeness (QED) is 0.168. The number of hydrogen-bond acceptors (Lipinski definition) is 14. The van der Waals surface area contributed by atoms with Crippen LogP contribution in [0.3, 0.4) is 0 Å². The Labute approximate surface area is 309 Å². The van der Waals surface area contributed by atoms with E-state index in [1.807, 2.05) is 0 Å². The number of nitrogens with zero attached hydrogens (tertiary/aromatic N) is 6. The van der Waals surface area contributed by atoms with Crippen LogP contribution in [0.2, 0.25) is 0 Å². The molecular weight excluding hydrogens is 708 g/mol. The fraction of sp³-hybridized carbons (Fsp3) is 0.528. The van der Waals surface area contributed by atoms with E-state index in [4.69, 9.17) is 23.6 Å². The van der Waals surface area contributed by atoms with Crippen LogP contribution in [0.5, 0.6) is 0 Å². The third kappa shape index (κ3) is 12.1. The zero-order valence-electron chi connectivity index (χ0n) is 31.8. The van der Waals surface area contributed by atoms with Crippen molar-refractivity contribution in [2.24, 2.45) is 5.92 Å². The van der Waals surface area contributed by atoms with Crippen LogP contribution >= 0.6 is 0 Å². The Hall–Kier alpha value is -4.90. The minimum atomic E-state index is -4.39. The molecule has 1 aliphatic rings. The minimum Gasteiger partial charge on any atom is -0.748 e. The molecule has 0 bridgehead atoms. The van der Waals surface area contributed by atoms with Crippen LogP contribution in [0.1, 0.15) is 92.8 Å². The van der Waals surface area contributed by atoms with Gasteiger partial charge in [0.1, 0.15) is 16.8 Å². The molecule has 0 N–H and O–H groups in total. The van der Waals surface area contributed by atoms with Crippen LogP contribution in [0.4, 0.5) is 20.2 Å². The lowest BCUT2D eigenvalue weighted by Crippen LogP contribution is -2.44. The second kappa shape index (κ2) is 15.6. The molecule has 0 saturated heterocycles. The van der Waals surface area contributed by atoms with E-state index >= 15 is 0 Å². The van der Waals surface area contributed by atoms with Crippen molar-refractivity contribution in [2.45, 2.75) is 105 Å². The molecule has 2 heterocycles. The average Bonchev–Trinajstić information content (AvgIpc) is 3.49. The molecule has 1 unspecified atom stereocenters. The number of benzene rings is 1. The number of carbonyl (C=O) groups is 3. The molecule has 0 fully saturated rings. The molecule has 0 saturated carbocycles. The molecule has 0 aliphatic heterocycles. The van der Waals surface area contributed by atoms with Gasteiger partial charge in [-0.1, -0.05) is 18.2 Å². The summed E-state index contributed by atoms with van der Waals surface area (Å²) in [5.41, 5.74) is -0.372. The van der Waals surface area contributed by atoms with Crippen molar-refractivity contribution in [1.82, 2.24) is 25.1 Å². The average molecular weight is 756 g/mol. The second-order valence-electron chi connectivity index (χ2n) is 15.8. The van der Waals surface area contributed by atoms with E-state index in [2.05, 4.69) is 15.2 Å². The van der Waals surface area contributed by atoms with Crippen molar-refractivity contribution >= 4 is 39.8 Å². The maximum Gasteiger partial charge on any atom is 0.425 e. The summed E-state index contributed by atoms with van der Waals surface area (Å²) in [6.45, 7) is 15.5. The number of rotatable bonds is 8. The first-order chi connectivity index (χ1) is 24.4. The Morgan fingerprint density at radius 1 is 0.868 bits per heavy atom. The van der Waals surface area contributed by atoms with Crippen LogP contribution < -0.4 is 4.90 Å². The highest BCUT2D eigenvalue weighted by Gasteiger charge is 2.37. The second-order valence-corrected chi connectivity index (χ2v) is 17.2. The number of allylic oxidation sites excluding steroid dienone is 2. The van der Waals surface area contributed by atoms with Crippen molar-refractivity contribution < 1.29 is 46.0 Å². The van der Waals surface area contributed by atoms with E-state index in [1.54, 1.807) is 99.7 Å². The summed E-state index contributed by atoms with van der Waals surface area (Å²) < 4.78 is 56.7. The maximum atomic E-state index is 13.6. The van der Waals surface area contributed by atoms with Gasteiger partial charge in [0.2, 0.25) is 5.89 Å². The molecule has 1 aliphatic carbocycles. The Bertz CT molecular complexity index is 1930. The fourth-order valence-electron chi connectivity index (χ4n) is 5.13. The van der Waals surface area contributed by atoms with Crippen molar-refractivity contribution in [3.05, 3.63) is 47.8 Å². The molecule has 1 aromatic carbocycles. The van der Waals surface area contributed by atoms with Crippen molar-refractivity contribution in [1.29, 1.82) is 0 Å². The van der Waals surface area contributed by atoms with Gasteiger partial charge in [0.05, 0.1) is 22.0 Å². The molecule has 4 rings (SSSR count). The molecule has 288 valence electrons. The van der Waals surface area contributed by atoms with Crippen molar-refractivity contribution in [3.8, 4) is 23.0 Å². The lowest BCUT2D eigenvalue weighted by Gasteiger charge is -2.28. The summed E-state index contributed by atoms with van der Waals surface area (Å²) >= 11 is 0. The predicted molar refractivity (Wildman–Crippen MR) is 193 cm³/mol. The first kappa shape index (κ1) is 40.9. The summed E-state index contributed by atoms with van der Waals surface area (Å²) in [5.74, 6) is -1.20. The van der Waals surface area contributed by atoms with Gasteiger partial charge in [0.25, 0.3) is 5.89 Å². The third-order valence-corrected chi connectivity index (χ3v) is 8.24. The van der Waals surface area contributed by atoms with Gasteiger partial charge >= 0.3 is 18.3 Å².